The third-order valence-corrected chi connectivity index (χ3v) is 5.66. The summed E-state index contributed by atoms with van der Waals surface area (Å²) in [6.07, 6.45) is 7.98. The smallest absolute Gasteiger partial charge is 0.221 e. The molecule has 1 amide bonds. The van der Waals surface area contributed by atoms with E-state index in [0.717, 1.165) is 26.0 Å². The first-order chi connectivity index (χ1) is 10.7. The van der Waals surface area contributed by atoms with Gasteiger partial charge in [0.05, 0.1) is 10.2 Å². The molecule has 0 saturated heterocycles. The van der Waals surface area contributed by atoms with Crippen LogP contribution in [-0.4, -0.2) is 16.6 Å². The second-order valence-corrected chi connectivity index (χ2v) is 7.83. The van der Waals surface area contributed by atoms with Crippen molar-refractivity contribution in [2.24, 2.45) is 0 Å². The molecule has 3 nitrogen and oxygen atoms in total. The van der Waals surface area contributed by atoms with Gasteiger partial charge in [-0.15, -0.1) is 11.3 Å². The largest absolute Gasteiger partial charge is 0.326 e. The summed E-state index contributed by atoms with van der Waals surface area (Å²) in [6.45, 7) is 3.78. The minimum Gasteiger partial charge on any atom is -0.326 e. The van der Waals surface area contributed by atoms with Gasteiger partial charge in [0.25, 0.3) is 0 Å². The van der Waals surface area contributed by atoms with Gasteiger partial charge >= 0.3 is 0 Å². The van der Waals surface area contributed by atoms with Crippen molar-refractivity contribution in [1.29, 1.82) is 0 Å². The third kappa shape index (κ3) is 5.61. The van der Waals surface area contributed by atoms with Gasteiger partial charge in [0.1, 0.15) is 0 Å². The lowest BCUT2D eigenvalue weighted by Crippen LogP contribution is -2.05. The van der Waals surface area contributed by atoms with E-state index in [4.69, 9.17) is 0 Å². The Morgan fingerprint density at radius 1 is 1.23 bits per heavy atom. The Balaban J connectivity index is 1.81. The van der Waals surface area contributed by atoms with E-state index in [2.05, 4.69) is 17.2 Å². The summed E-state index contributed by atoms with van der Waals surface area (Å²) in [5.41, 5.74) is 1.86. The Morgan fingerprint density at radius 2 is 2.00 bits per heavy atom. The number of carbonyl (C=O) groups excluding carboxylic acids is 1. The van der Waals surface area contributed by atoms with E-state index in [0.29, 0.717) is 0 Å². The fraction of sp³-hybridized carbons (Fsp3) is 0.529. The van der Waals surface area contributed by atoms with E-state index < -0.39 is 0 Å². The van der Waals surface area contributed by atoms with Gasteiger partial charge < -0.3 is 5.32 Å². The first-order valence-corrected chi connectivity index (χ1v) is 9.80. The lowest BCUT2D eigenvalue weighted by molar-refractivity contribution is -0.114. The molecule has 1 N–H and O–H groups in total. The van der Waals surface area contributed by atoms with Gasteiger partial charge in [-0.25, -0.2) is 4.98 Å². The maximum absolute atomic E-state index is 11.1. The van der Waals surface area contributed by atoms with Crippen LogP contribution in [0.3, 0.4) is 0 Å². The summed E-state index contributed by atoms with van der Waals surface area (Å²) < 4.78 is 2.26. The van der Waals surface area contributed by atoms with Crippen LogP contribution in [0.2, 0.25) is 0 Å². The topological polar surface area (TPSA) is 42.0 Å². The van der Waals surface area contributed by atoms with Gasteiger partial charge in [0, 0.05) is 18.4 Å². The summed E-state index contributed by atoms with van der Waals surface area (Å²) in [5.74, 6) is 1.10. The van der Waals surface area contributed by atoms with E-state index in [1.807, 2.05) is 30.0 Å². The number of hydrogen-bond donors (Lipinski definition) is 1. The molecule has 2 aromatic rings. The number of fused-ring (bicyclic) bond motifs is 1. The van der Waals surface area contributed by atoms with Gasteiger partial charge in [-0.3, -0.25) is 4.79 Å². The molecule has 0 spiro atoms. The van der Waals surface area contributed by atoms with Crippen molar-refractivity contribution in [3.05, 3.63) is 18.2 Å². The average Bonchev–Trinajstić information content (AvgIpc) is 2.87. The number of aromatic nitrogens is 1. The predicted octanol–water partition coefficient (Wildman–Crippen LogP) is 5.71. The fourth-order valence-electron chi connectivity index (χ4n) is 2.29. The first-order valence-electron chi connectivity index (χ1n) is 8.00. The number of thioether (sulfide) groups is 1. The quantitative estimate of drug-likeness (QED) is 0.471. The highest BCUT2D eigenvalue weighted by Gasteiger charge is 2.06. The lowest BCUT2D eigenvalue weighted by atomic mass is 10.1. The molecule has 0 radical (unpaired) electrons. The van der Waals surface area contributed by atoms with Crippen LogP contribution in [-0.2, 0) is 4.79 Å². The number of amides is 1. The zero-order valence-corrected chi connectivity index (χ0v) is 15.0. The number of nitrogens with one attached hydrogen (secondary N) is 1. The molecule has 5 heteroatoms. The molecule has 0 atom stereocenters. The summed E-state index contributed by atoms with van der Waals surface area (Å²) in [7, 11) is 0. The van der Waals surface area contributed by atoms with Crippen LogP contribution in [0.4, 0.5) is 5.69 Å². The number of rotatable bonds is 9. The van der Waals surface area contributed by atoms with Crippen molar-refractivity contribution in [2.45, 2.75) is 56.7 Å². The number of benzene rings is 1. The van der Waals surface area contributed by atoms with Gasteiger partial charge in [0.2, 0.25) is 5.91 Å². The van der Waals surface area contributed by atoms with Crippen LogP contribution in [0.25, 0.3) is 10.2 Å². The van der Waals surface area contributed by atoms with Crippen LogP contribution < -0.4 is 5.32 Å². The molecule has 2 rings (SSSR count). The Bertz CT molecular complexity index is 610. The number of nitrogens with zero attached hydrogens (tertiary/aromatic N) is 1. The highest BCUT2D eigenvalue weighted by Crippen LogP contribution is 2.31. The molecule has 1 aromatic carbocycles. The lowest BCUT2D eigenvalue weighted by Gasteiger charge is -1.99. The molecule has 22 heavy (non-hydrogen) atoms. The maximum Gasteiger partial charge on any atom is 0.221 e. The highest BCUT2D eigenvalue weighted by molar-refractivity contribution is 8.01. The average molecular weight is 337 g/mol. The molecule has 0 bridgehead atoms. The maximum atomic E-state index is 11.1. The first kappa shape index (κ1) is 17.3. The Labute approximate surface area is 140 Å². The van der Waals surface area contributed by atoms with E-state index in [9.17, 15) is 4.79 Å². The Hall–Kier alpha value is -1.07. The van der Waals surface area contributed by atoms with Gasteiger partial charge in [-0.2, -0.15) is 0 Å². The van der Waals surface area contributed by atoms with Crippen LogP contribution in [0.5, 0.6) is 0 Å². The molecule has 0 aliphatic carbocycles. The van der Waals surface area contributed by atoms with Crippen molar-refractivity contribution in [2.75, 3.05) is 11.1 Å². The number of thiazole rings is 1. The number of anilines is 1. The molecule has 0 aliphatic rings. The normalized spacial score (nSPS) is 11.0. The highest BCUT2D eigenvalue weighted by atomic mass is 32.2. The SMILES string of the molecule is CCCCCCCCSc1nc2ccc(NC(C)=O)cc2s1. The minimum atomic E-state index is -0.0402. The summed E-state index contributed by atoms with van der Waals surface area (Å²) in [5, 5.41) is 2.82. The van der Waals surface area contributed by atoms with E-state index in [1.54, 1.807) is 11.3 Å². The fourth-order valence-corrected chi connectivity index (χ4v) is 4.47. The molecule has 1 aromatic heterocycles. The predicted molar refractivity (Wildman–Crippen MR) is 98.0 cm³/mol. The van der Waals surface area contributed by atoms with E-state index in [1.165, 1.54) is 45.4 Å². The molecule has 0 unspecified atom stereocenters. The monoisotopic (exact) mass is 336 g/mol. The number of carbonyl (C=O) groups is 1. The molecular formula is C17H24N2OS2. The second-order valence-electron chi connectivity index (χ2n) is 5.46. The van der Waals surface area contributed by atoms with E-state index >= 15 is 0 Å². The Morgan fingerprint density at radius 3 is 2.77 bits per heavy atom. The zero-order chi connectivity index (χ0) is 15.8. The van der Waals surface area contributed by atoms with E-state index in [-0.39, 0.29) is 5.91 Å². The van der Waals surface area contributed by atoms with Crippen molar-refractivity contribution in [3.63, 3.8) is 0 Å². The number of hydrogen-bond acceptors (Lipinski definition) is 4. The number of unbranched alkanes of at least 4 members (excludes halogenated alkanes) is 5. The van der Waals surface area contributed by atoms with Gasteiger partial charge in [-0.1, -0.05) is 50.8 Å². The minimum absolute atomic E-state index is 0.0402. The van der Waals surface area contributed by atoms with Crippen molar-refractivity contribution < 1.29 is 4.79 Å². The molecular weight excluding hydrogens is 312 g/mol. The molecule has 1 heterocycles. The second kappa shape index (κ2) is 9.16. The summed E-state index contributed by atoms with van der Waals surface area (Å²) in [6, 6.07) is 5.89. The van der Waals surface area contributed by atoms with Crippen molar-refractivity contribution in [1.82, 2.24) is 4.98 Å². The summed E-state index contributed by atoms with van der Waals surface area (Å²) in [4.78, 5) is 15.7. The molecule has 0 saturated carbocycles. The third-order valence-electron chi connectivity index (χ3n) is 3.41. The van der Waals surface area contributed by atoms with Crippen molar-refractivity contribution >= 4 is 44.9 Å². The van der Waals surface area contributed by atoms with Crippen molar-refractivity contribution in [3.8, 4) is 0 Å². The summed E-state index contributed by atoms with van der Waals surface area (Å²) >= 11 is 3.56. The van der Waals surface area contributed by atoms with Gasteiger partial charge in [0.15, 0.2) is 4.34 Å². The van der Waals surface area contributed by atoms with Crippen LogP contribution >= 0.6 is 23.1 Å². The standard InChI is InChI=1S/C17H24N2OS2/c1-3-4-5-6-7-8-11-21-17-19-15-10-9-14(18-13(2)20)12-16(15)22-17/h9-10,12H,3-8,11H2,1-2H3,(H,18,20). The molecule has 0 aliphatic heterocycles. The molecule has 0 fully saturated rings. The molecule has 120 valence electrons. The zero-order valence-electron chi connectivity index (χ0n) is 13.4. The Kier molecular flexibility index (Phi) is 7.19. The van der Waals surface area contributed by atoms with Crippen LogP contribution in [0.1, 0.15) is 52.4 Å². The van der Waals surface area contributed by atoms with Gasteiger partial charge in [-0.05, 0) is 24.6 Å². The van der Waals surface area contributed by atoms with Crippen LogP contribution in [0.15, 0.2) is 22.5 Å². The van der Waals surface area contributed by atoms with Crippen LogP contribution in [0, 0.1) is 0 Å².